The minimum absolute atomic E-state index is 0.498. The van der Waals surface area contributed by atoms with E-state index in [4.69, 9.17) is 0 Å². The third-order valence-electron chi connectivity index (χ3n) is 4.67. The first-order valence-electron chi connectivity index (χ1n) is 9.22. The first-order chi connectivity index (χ1) is 15.6. The number of carbonyl (C=O) groups excluding carboxylic acids is 2. The van der Waals surface area contributed by atoms with E-state index in [0.717, 1.165) is 44.4 Å². The lowest BCUT2D eigenvalue weighted by Crippen LogP contribution is -2.59. The second-order valence-corrected chi connectivity index (χ2v) is 10.1. The molecule has 7 nitrogen and oxygen atoms in total. The van der Waals surface area contributed by atoms with Crippen molar-refractivity contribution in [1.82, 2.24) is 14.5 Å². The third-order valence-corrected chi connectivity index (χ3v) is 6.73. The Morgan fingerprint density at radius 1 is 1.06 bits per heavy atom. The van der Waals surface area contributed by atoms with Gasteiger partial charge in [0.2, 0.25) is 10.0 Å². The first kappa shape index (κ1) is 27.6. The highest BCUT2D eigenvalue weighted by Gasteiger charge is 2.40. The Kier molecular flexibility index (Phi) is 8.39. The number of hydrogen-bond acceptors (Lipinski definition) is 5. The van der Waals surface area contributed by atoms with E-state index in [1.807, 2.05) is 4.72 Å². The summed E-state index contributed by atoms with van der Waals surface area (Å²) in [7, 11) is -1.86. The summed E-state index contributed by atoms with van der Waals surface area (Å²) in [5, 5.41) is 1.76. The van der Waals surface area contributed by atoms with Gasteiger partial charge in [0.25, 0.3) is 5.91 Å². The summed E-state index contributed by atoms with van der Waals surface area (Å²) in [5.41, 5.74) is -6.13. The molecule has 0 aliphatic carbocycles. The lowest BCUT2D eigenvalue weighted by atomic mass is 10.2. The van der Waals surface area contributed by atoms with Crippen molar-refractivity contribution in [3.8, 4) is 0 Å². The molecule has 1 unspecified atom stereocenters. The van der Waals surface area contributed by atoms with Gasteiger partial charge < -0.3 is 0 Å². The number of rotatable bonds is 7. The molecule has 0 heterocycles. The predicted octanol–water partition coefficient (Wildman–Crippen LogP) is 3.75. The number of carbonyl (C=O) groups is 2. The summed E-state index contributed by atoms with van der Waals surface area (Å²) in [5.74, 6) is -6.37. The summed E-state index contributed by atoms with van der Waals surface area (Å²) in [6.07, 6.45) is 0. The normalized spacial score (nSPS) is 13.9. The van der Waals surface area contributed by atoms with Crippen molar-refractivity contribution in [3.63, 3.8) is 0 Å². The summed E-state index contributed by atoms with van der Waals surface area (Å²) < 4.78 is 104. The lowest BCUT2D eigenvalue weighted by molar-refractivity contribution is -0.0328. The van der Waals surface area contributed by atoms with Crippen LogP contribution in [0.5, 0.6) is 0 Å². The molecule has 2 rings (SSSR count). The molecule has 0 bridgehead atoms. The quantitative estimate of drug-likeness (QED) is 0.323. The molecular formula is C19H18F6N3O4S2+. The zero-order valence-corrected chi connectivity index (χ0v) is 19.2. The van der Waals surface area contributed by atoms with E-state index in [9.17, 15) is 44.3 Å². The molecule has 0 saturated carbocycles. The van der Waals surface area contributed by atoms with Crippen LogP contribution in [-0.2, 0) is 10.0 Å². The molecule has 3 amide bonds. The Hall–Kier alpha value is -2.62. The van der Waals surface area contributed by atoms with Crippen molar-refractivity contribution in [2.24, 2.45) is 0 Å². The molecule has 0 radical (unpaired) electrons. The van der Waals surface area contributed by atoms with E-state index in [0.29, 0.717) is 6.07 Å². The van der Waals surface area contributed by atoms with Crippen LogP contribution in [0, 0.1) is 17.5 Å². The predicted molar refractivity (Wildman–Crippen MR) is 113 cm³/mol. The summed E-state index contributed by atoms with van der Waals surface area (Å²) >= 11 is -0.610. The maximum atomic E-state index is 14.8. The number of nitrogens with zero attached hydrogens (tertiary/aromatic N) is 1. The Morgan fingerprint density at radius 2 is 1.71 bits per heavy atom. The molecule has 2 aromatic carbocycles. The van der Waals surface area contributed by atoms with E-state index >= 15 is 0 Å². The van der Waals surface area contributed by atoms with Gasteiger partial charge in [-0.1, -0.05) is 6.07 Å². The zero-order valence-electron chi connectivity index (χ0n) is 17.5. The Morgan fingerprint density at radius 3 is 2.26 bits per heavy atom. The molecule has 2 N–H and O–H groups in total. The van der Waals surface area contributed by atoms with Gasteiger partial charge in [-0.25, -0.2) is 40.9 Å². The lowest BCUT2D eigenvalue weighted by Gasteiger charge is -2.31. The van der Waals surface area contributed by atoms with Crippen molar-refractivity contribution >= 4 is 39.4 Å². The molecular weight excluding hydrogens is 512 g/mol. The van der Waals surface area contributed by atoms with Crippen LogP contribution in [0.1, 0.15) is 10.4 Å². The fourth-order valence-corrected chi connectivity index (χ4v) is 4.16. The molecule has 2 aromatic rings. The van der Waals surface area contributed by atoms with Gasteiger partial charge in [-0.15, -0.1) is 0 Å². The number of alkyl halides is 3. The molecule has 0 fully saturated rings. The van der Waals surface area contributed by atoms with Crippen molar-refractivity contribution in [3.05, 3.63) is 59.4 Å². The van der Waals surface area contributed by atoms with Crippen LogP contribution in [0.3, 0.4) is 0 Å². The van der Waals surface area contributed by atoms with Crippen LogP contribution in [0.25, 0.3) is 0 Å². The van der Waals surface area contributed by atoms with E-state index in [1.165, 1.54) is 0 Å². The molecule has 34 heavy (non-hydrogen) atoms. The molecule has 0 aromatic heterocycles. The third kappa shape index (κ3) is 6.71. The number of sulfonamides is 1. The van der Waals surface area contributed by atoms with E-state index in [2.05, 4.69) is 0 Å². The smallest absolute Gasteiger partial charge is 0.269 e. The summed E-state index contributed by atoms with van der Waals surface area (Å²) in [4.78, 5) is 24.8. The number of thioether (sulfide) groups is 1. The minimum Gasteiger partial charge on any atom is -0.269 e. The van der Waals surface area contributed by atoms with Crippen LogP contribution >= 0.6 is 11.8 Å². The zero-order chi connectivity index (χ0) is 25.9. The van der Waals surface area contributed by atoms with Gasteiger partial charge >= 0.3 is 11.5 Å². The maximum Gasteiger partial charge on any atom is 0.446 e. The molecule has 15 heteroatoms. The number of nitrogens with one attached hydrogen (secondary N) is 2. The van der Waals surface area contributed by atoms with Crippen LogP contribution in [0.4, 0.5) is 36.8 Å². The molecule has 0 saturated heterocycles. The van der Waals surface area contributed by atoms with Gasteiger partial charge in [-0.3, -0.25) is 4.79 Å². The summed E-state index contributed by atoms with van der Waals surface area (Å²) in [6, 6.07) is 3.46. The topological polar surface area (TPSA) is 92.3 Å². The second kappa shape index (κ2) is 10.3. The van der Waals surface area contributed by atoms with Gasteiger partial charge in [0.15, 0.2) is 23.1 Å². The average Bonchev–Trinajstić information content (AvgIpc) is 2.72. The van der Waals surface area contributed by atoms with Crippen LogP contribution < -0.4 is 14.5 Å². The highest BCUT2D eigenvalue weighted by molar-refractivity contribution is 8.00. The molecule has 1 atom stereocenters. The van der Waals surface area contributed by atoms with Crippen molar-refractivity contribution in [2.45, 2.75) is 10.4 Å². The van der Waals surface area contributed by atoms with Crippen LogP contribution in [0.15, 0.2) is 41.3 Å². The number of halogens is 6. The molecule has 0 aliphatic heterocycles. The van der Waals surface area contributed by atoms with E-state index in [-0.39, 0.29) is 0 Å². The number of hydrogen-bond donors (Lipinski definition) is 2. The Balaban J connectivity index is 2.46. The van der Waals surface area contributed by atoms with Gasteiger partial charge in [-0.05, 0) is 43.1 Å². The molecule has 0 spiro atoms. The maximum absolute atomic E-state index is 14.8. The molecule has 186 valence electrons. The highest BCUT2D eigenvalue weighted by Crippen LogP contribution is 2.39. The Bertz CT molecular complexity index is 1210. The minimum atomic E-state index is -4.72. The fraction of sp³-hybridized carbons (Fsp3) is 0.263. The van der Waals surface area contributed by atoms with Gasteiger partial charge in [0.05, 0.1) is 12.6 Å². The van der Waals surface area contributed by atoms with Crippen molar-refractivity contribution in [1.29, 1.82) is 0 Å². The fourth-order valence-electron chi connectivity index (χ4n) is 2.79. The number of benzene rings is 2. The summed E-state index contributed by atoms with van der Waals surface area (Å²) in [6.45, 7) is -0.670. The highest BCUT2D eigenvalue weighted by atomic mass is 32.2. The largest absolute Gasteiger partial charge is 0.446 e. The van der Waals surface area contributed by atoms with Crippen molar-refractivity contribution < 1.29 is 44.3 Å². The van der Waals surface area contributed by atoms with Crippen molar-refractivity contribution in [2.75, 3.05) is 26.4 Å². The van der Waals surface area contributed by atoms with E-state index in [1.54, 1.807) is 5.32 Å². The second-order valence-electron chi connectivity index (χ2n) is 6.96. The number of quaternary nitrogens is 1. The van der Waals surface area contributed by atoms with Gasteiger partial charge in [0.1, 0.15) is 12.3 Å². The van der Waals surface area contributed by atoms with Crippen LogP contribution in [-0.4, -0.2) is 52.3 Å². The first-order valence-corrected chi connectivity index (χ1v) is 11.7. The SMILES string of the molecule is CNS(=O)(=O)CC[N+](C)(C(=O)NC(=O)c1cccc(F)c1F)c1ccc(SC(F)(F)F)cc1F. The van der Waals surface area contributed by atoms with Gasteiger partial charge in [0, 0.05) is 11.0 Å². The Labute approximate surface area is 194 Å². The standard InChI is InChI=1S/C19H17F6N3O4S2/c1-26-34(31,32)9-8-28(2,15-7-6-11(10-14(15)21)33-19(23,24)25)18(30)27-17(29)12-4-3-5-13(20)16(12)22/h3-7,10,26H,8-9H2,1-2H3/p+1. The van der Waals surface area contributed by atoms with E-state index < -0.39 is 89.6 Å². The number of amides is 3. The number of imide groups is 1. The van der Waals surface area contributed by atoms with Crippen LogP contribution in [0.2, 0.25) is 0 Å². The van der Waals surface area contributed by atoms with Gasteiger partial charge in [-0.2, -0.15) is 13.2 Å². The average molecular weight is 530 g/mol. The number of urea groups is 1. The monoisotopic (exact) mass is 530 g/mol. The molecule has 0 aliphatic rings.